The highest BCUT2D eigenvalue weighted by Gasteiger charge is 2.18. The fraction of sp³-hybridized carbons (Fsp3) is 0.500. The molecule has 1 atom stereocenters. The molecule has 0 fully saturated rings. The van der Waals surface area contributed by atoms with Crippen molar-refractivity contribution >= 4 is 17.7 Å². The third kappa shape index (κ3) is 11.1. The van der Waals surface area contributed by atoms with Crippen LogP contribution in [0.1, 0.15) is 44.2 Å². The van der Waals surface area contributed by atoms with Crippen molar-refractivity contribution in [2.45, 2.75) is 52.6 Å². The molecule has 8 heteroatoms. The molecule has 2 aromatic carbocycles. The fourth-order valence-electron chi connectivity index (χ4n) is 3.51. The summed E-state index contributed by atoms with van der Waals surface area (Å²) in [6.45, 7) is 8.59. The number of amides is 2. The monoisotopic (exact) mass is 500 g/mol. The van der Waals surface area contributed by atoms with E-state index in [1.807, 2.05) is 43.3 Å². The second-order valence-corrected chi connectivity index (χ2v) is 8.58. The number of nitrogens with one attached hydrogen (secondary N) is 1. The van der Waals surface area contributed by atoms with Crippen molar-refractivity contribution in [3.8, 4) is 5.75 Å². The molecule has 2 aromatic rings. The van der Waals surface area contributed by atoms with E-state index in [-0.39, 0.29) is 12.5 Å². The molecule has 0 bridgehead atoms. The van der Waals surface area contributed by atoms with E-state index < -0.39 is 12.1 Å². The van der Waals surface area contributed by atoms with Crippen LogP contribution in [0.4, 0.5) is 10.5 Å². The van der Waals surface area contributed by atoms with E-state index in [0.29, 0.717) is 45.3 Å². The molecule has 2 N–H and O–H groups in total. The highest BCUT2D eigenvalue weighted by atomic mass is 16.5. The lowest BCUT2D eigenvalue weighted by molar-refractivity contribution is -0.149. The van der Waals surface area contributed by atoms with Gasteiger partial charge in [-0.3, -0.25) is 0 Å². The van der Waals surface area contributed by atoms with Gasteiger partial charge in [0.05, 0.1) is 13.2 Å². The van der Waals surface area contributed by atoms with Crippen molar-refractivity contribution in [3.05, 3.63) is 59.7 Å². The Morgan fingerprint density at radius 1 is 0.944 bits per heavy atom. The molecule has 8 nitrogen and oxygen atoms in total. The minimum atomic E-state index is -0.976. The van der Waals surface area contributed by atoms with E-state index in [4.69, 9.17) is 14.2 Å². The highest BCUT2D eigenvalue weighted by molar-refractivity contribution is 5.89. The van der Waals surface area contributed by atoms with Gasteiger partial charge in [0.25, 0.3) is 0 Å². The minimum absolute atomic E-state index is 0.203. The molecular formula is C28H40N2O6. The molecule has 0 spiro atoms. The molecule has 0 aliphatic heterocycles. The van der Waals surface area contributed by atoms with Gasteiger partial charge in [-0.15, -0.1) is 0 Å². The number of aliphatic carboxylic acids is 1. The summed E-state index contributed by atoms with van der Waals surface area (Å²) in [7, 11) is 0. The van der Waals surface area contributed by atoms with Crippen molar-refractivity contribution in [1.82, 2.24) is 4.90 Å². The number of carbonyl (C=O) groups excluding carboxylic acids is 1. The molecule has 2 amide bonds. The molecule has 198 valence electrons. The number of carbonyl (C=O) groups is 2. The van der Waals surface area contributed by atoms with Crippen molar-refractivity contribution < 1.29 is 28.9 Å². The Bertz CT molecular complexity index is 901. The SMILES string of the molecule is CCCCCOCCN(CCOc1ccc(CC(OCC)C(=O)O)cc1)C(=O)Nc1ccc(C)cc1. The van der Waals surface area contributed by atoms with Gasteiger partial charge < -0.3 is 29.5 Å². The summed E-state index contributed by atoms with van der Waals surface area (Å²) in [5.74, 6) is -0.327. The average Bonchev–Trinajstić information content (AvgIpc) is 2.87. The quantitative estimate of drug-likeness (QED) is 0.292. The standard InChI is InChI=1S/C28H40N2O6/c1-4-6-7-18-34-19-16-30(28(33)29-24-12-8-22(3)9-13-24)17-20-36-25-14-10-23(11-15-25)21-26(27(31)32)35-5-2/h8-15,26H,4-7,16-21H2,1-3H3,(H,29,33)(H,31,32). The maximum absolute atomic E-state index is 12.9. The predicted molar refractivity (Wildman–Crippen MR) is 141 cm³/mol. The van der Waals surface area contributed by atoms with Crippen LogP contribution in [0, 0.1) is 6.92 Å². The van der Waals surface area contributed by atoms with E-state index in [9.17, 15) is 14.7 Å². The van der Waals surface area contributed by atoms with E-state index in [0.717, 1.165) is 36.1 Å². The Hall–Kier alpha value is -3.10. The first-order valence-electron chi connectivity index (χ1n) is 12.7. The number of unbranched alkanes of at least 4 members (excludes halogenated alkanes) is 2. The number of hydrogen-bond donors (Lipinski definition) is 2. The maximum Gasteiger partial charge on any atom is 0.333 e. The molecular weight excluding hydrogens is 460 g/mol. The number of carboxylic acids is 1. The van der Waals surface area contributed by atoms with Gasteiger partial charge in [-0.25, -0.2) is 9.59 Å². The Morgan fingerprint density at radius 2 is 1.64 bits per heavy atom. The first-order chi connectivity index (χ1) is 17.4. The lowest BCUT2D eigenvalue weighted by Crippen LogP contribution is -2.40. The largest absolute Gasteiger partial charge is 0.492 e. The normalized spacial score (nSPS) is 11.6. The van der Waals surface area contributed by atoms with Gasteiger partial charge in [0, 0.05) is 31.9 Å². The number of rotatable bonds is 17. The Labute approximate surface area is 214 Å². The molecule has 0 aliphatic rings. The first kappa shape index (κ1) is 29.1. The van der Waals surface area contributed by atoms with Crippen LogP contribution in [0.25, 0.3) is 0 Å². The average molecular weight is 501 g/mol. The second kappa shape index (κ2) is 16.5. The van der Waals surface area contributed by atoms with Crippen molar-refractivity contribution in [2.24, 2.45) is 0 Å². The zero-order valence-electron chi connectivity index (χ0n) is 21.7. The van der Waals surface area contributed by atoms with Crippen LogP contribution in [0.3, 0.4) is 0 Å². The van der Waals surface area contributed by atoms with Gasteiger partial charge in [0.2, 0.25) is 0 Å². The van der Waals surface area contributed by atoms with Crippen LogP contribution in [0.15, 0.2) is 48.5 Å². The Balaban J connectivity index is 1.88. The summed E-state index contributed by atoms with van der Waals surface area (Å²) in [4.78, 5) is 25.9. The van der Waals surface area contributed by atoms with E-state index in [1.54, 1.807) is 24.0 Å². The second-order valence-electron chi connectivity index (χ2n) is 8.58. The van der Waals surface area contributed by atoms with Crippen LogP contribution >= 0.6 is 0 Å². The van der Waals surface area contributed by atoms with E-state index >= 15 is 0 Å². The lowest BCUT2D eigenvalue weighted by Gasteiger charge is -2.23. The van der Waals surface area contributed by atoms with Gasteiger partial charge >= 0.3 is 12.0 Å². The number of aryl methyl sites for hydroxylation is 1. The smallest absolute Gasteiger partial charge is 0.333 e. The molecule has 0 aliphatic carbocycles. The number of nitrogens with zero attached hydrogens (tertiary/aromatic N) is 1. The third-order valence-corrected chi connectivity index (χ3v) is 5.61. The number of benzene rings is 2. The molecule has 0 aromatic heterocycles. The van der Waals surface area contributed by atoms with Crippen molar-refractivity contribution in [2.75, 3.05) is 44.8 Å². The van der Waals surface area contributed by atoms with Gasteiger partial charge in [0.1, 0.15) is 12.4 Å². The number of ether oxygens (including phenoxy) is 3. The third-order valence-electron chi connectivity index (χ3n) is 5.61. The maximum atomic E-state index is 12.9. The summed E-state index contributed by atoms with van der Waals surface area (Å²) in [6.07, 6.45) is 2.70. The molecule has 0 radical (unpaired) electrons. The number of anilines is 1. The van der Waals surface area contributed by atoms with Crippen LogP contribution in [0.2, 0.25) is 0 Å². The molecule has 0 heterocycles. The molecule has 0 saturated carbocycles. The van der Waals surface area contributed by atoms with Crippen LogP contribution in [-0.2, 0) is 20.7 Å². The Morgan fingerprint density at radius 3 is 2.28 bits per heavy atom. The molecule has 0 saturated heterocycles. The van der Waals surface area contributed by atoms with E-state index in [2.05, 4.69) is 12.2 Å². The minimum Gasteiger partial charge on any atom is -0.492 e. The molecule has 1 unspecified atom stereocenters. The summed E-state index contributed by atoms with van der Waals surface area (Å²) in [6, 6.07) is 14.7. The fourth-order valence-corrected chi connectivity index (χ4v) is 3.51. The van der Waals surface area contributed by atoms with Gasteiger partial charge in [0.15, 0.2) is 6.10 Å². The number of carboxylic acid groups (broad SMARTS) is 1. The molecule has 36 heavy (non-hydrogen) atoms. The number of urea groups is 1. The topological polar surface area (TPSA) is 97.3 Å². The lowest BCUT2D eigenvalue weighted by atomic mass is 10.1. The summed E-state index contributed by atoms with van der Waals surface area (Å²) in [5.41, 5.74) is 2.71. The Kier molecular flexibility index (Phi) is 13.4. The van der Waals surface area contributed by atoms with Gasteiger partial charge in [-0.2, -0.15) is 0 Å². The summed E-state index contributed by atoms with van der Waals surface area (Å²) in [5, 5.41) is 12.2. The number of hydrogen-bond acceptors (Lipinski definition) is 5. The molecule has 2 rings (SSSR count). The van der Waals surface area contributed by atoms with Gasteiger partial charge in [-0.1, -0.05) is 49.6 Å². The predicted octanol–water partition coefficient (Wildman–Crippen LogP) is 5.15. The van der Waals surface area contributed by atoms with Crippen molar-refractivity contribution in [1.29, 1.82) is 0 Å². The zero-order valence-corrected chi connectivity index (χ0v) is 21.7. The van der Waals surface area contributed by atoms with Crippen LogP contribution in [0.5, 0.6) is 5.75 Å². The zero-order chi connectivity index (χ0) is 26.2. The van der Waals surface area contributed by atoms with Gasteiger partial charge in [-0.05, 0) is 50.1 Å². The summed E-state index contributed by atoms with van der Waals surface area (Å²) < 4.78 is 16.8. The van der Waals surface area contributed by atoms with Crippen LogP contribution in [-0.4, -0.2) is 67.6 Å². The summed E-state index contributed by atoms with van der Waals surface area (Å²) >= 11 is 0. The van der Waals surface area contributed by atoms with E-state index in [1.165, 1.54) is 0 Å². The highest BCUT2D eigenvalue weighted by Crippen LogP contribution is 2.15. The van der Waals surface area contributed by atoms with Crippen LogP contribution < -0.4 is 10.1 Å². The first-order valence-corrected chi connectivity index (χ1v) is 12.7. The van der Waals surface area contributed by atoms with Crippen molar-refractivity contribution in [3.63, 3.8) is 0 Å².